The summed E-state index contributed by atoms with van der Waals surface area (Å²) in [4.78, 5) is 13.7. The zero-order valence-corrected chi connectivity index (χ0v) is 10.7. The molecule has 1 aliphatic heterocycles. The first-order valence-corrected chi connectivity index (χ1v) is 6.11. The van der Waals surface area contributed by atoms with Crippen molar-refractivity contribution in [2.24, 2.45) is 0 Å². The number of hydrogen-bond donors (Lipinski definition) is 0. The zero-order valence-electron chi connectivity index (χ0n) is 9.15. The molecule has 0 N–H and O–H groups in total. The maximum absolute atomic E-state index is 11.6. The van der Waals surface area contributed by atoms with E-state index in [2.05, 4.69) is 20.8 Å². The van der Waals surface area contributed by atoms with Crippen LogP contribution in [0, 0.1) is 0 Å². The quantitative estimate of drug-likeness (QED) is 0.782. The standard InChI is InChI=1S/C12H14BrNO2/c1-16-12(15)11-6-3-7-14(11)10-5-2-4-9(13)8-10/h2,4-5,8,11H,3,6-7H2,1H3/t11-/m0/s1. The van der Waals surface area contributed by atoms with Gasteiger partial charge in [0.1, 0.15) is 6.04 Å². The first-order chi connectivity index (χ1) is 7.72. The lowest BCUT2D eigenvalue weighted by Crippen LogP contribution is -2.36. The molecule has 0 spiro atoms. The Hall–Kier alpha value is -1.03. The van der Waals surface area contributed by atoms with Crippen LogP contribution in [0.25, 0.3) is 0 Å². The molecular formula is C12H14BrNO2. The number of anilines is 1. The molecular weight excluding hydrogens is 270 g/mol. The van der Waals surface area contributed by atoms with Crippen LogP contribution in [0.2, 0.25) is 0 Å². The Bertz CT molecular complexity index is 394. The van der Waals surface area contributed by atoms with Gasteiger partial charge in [-0.1, -0.05) is 22.0 Å². The van der Waals surface area contributed by atoms with Crippen LogP contribution in [0.4, 0.5) is 5.69 Å². The Morgan fingerprint density at radius 3 is 3.06 bits per heavy atom. The van der Waals surface area contributed by atoms with E-state index < -0.39 is 0 Å². The van der Waals surface area contributed by atoms with E-state index in [4.69, 9.17) is 4.74 Å². The van der Waals surface area contributed by atoms with Crippen molar-refractivity contribution in [3.05, 3.63) is 28.7 Å². The van der Waals surface area contributed by atoms with E-state index in [1.807, 2.05) is 24.3 Å². The normalized spacial score (nSPS) is 19.9. The minimum absolute atomic E-state index is 0.126. The van der Waals surface area contributed by atoms with Crippen molar-refractivity contribution >= 4 is 27.6 Å². The molecule has 0 aliphatic carbocycles. The fraction of sp³-hybridized carbons (Fsp3) is 0.417. The molecule has 0 aromatic heterocycles. The molecule has 86 valence electrons. The predicted molar refractivity (Wildman–Crippen MR) is 66.5 cm³/mol. The molecule has 0 radical (unpaired) electrons. The highest BCUT2D eigenvalue weighted by Crippen LogP contribution is 2.28. The van der Waals surface area contributed by atoms with Crippen molar-refractivity contribution in [3.8, 4) is 0 Å². The van der Waals surface area contributed by atoms with Gasteiger partial charge in [-0.2, -0.15) is 0 Å². The number of methoxy groups -OCH3 is 1. The van der Waals surface area contributed by atoms with Gasteiger partial charge in [0.2, 0.25) is 0 Å². The maximum Gasteiger partial charge on any atom is 0.328 e. The van der Waals surface area contributed by atoms with E-state index in [1.54, 1.807) is 0 Å². The topological polar surface area (TPSA) is 29.5 Å². The number of rotatable bonds is 2. The Morgan fingerprint density at radius 1 is 1.56 bits per heavy atom. The SMILES string of the molecule is COC(=O)[C@@H]1CCCN1c1cccc(Br)c1. The molecule has 1 atom stereocenters. The molecule has 0 unspecified atom stereocenters. The summed E-state index contributed by atoms with van der Waals surface area (Å²) in [6, 6.07) is 7.88. The van der Waals surface area contributed by atoms with Crippen LogP contribution in [-0.2, 0) is 9.53 Å². The highest BCUT2D eigenvalue weighted by Gasteiger charge is 2.31. The van der Waals surface area contributed by atoms with Crippen LogP contribution in [0.3, 0.4) is 0 Å². The first kappa shape index (κ1) is 11.5. The molecule has 0 saturated carbocycles. The van der Waals surface area contributed by atoms with E-state index in [0.717, 1.165) is 29.5 Å². The minimum atomic E-state index is -0.141. The molecule has 1 heterocycles. The van der Waals surface area contributed by atoms with Crippen molar-refractivity contribution in [2.75, 3.05) is 18.6 Å². The summed E-state index contributed by atoms with van der Waals surface area (Å²) in [6.07, 6.45) is 1.91. The van der Waals surface area contributed by atoms with E-state index in [0.29, 0.717) is 0 Å². The fourth-order valence-electron chi connectivity index (χ4n) is 2.11. The highest BCUT2D eigenvalue weighted by atomic mass is 79.9. The Morgan fingerprint density at radius 2 is 2.38 bits per heavy atom. The number of benzene rings is 1. The van der Waals surface area contributed by atoms with Crippen LogP contribution in [-0.4, -0.2) is 25.7 Å². The molecule has 0 amide bonds. The van der Waals surface area contributed by atoms with Gasteiger partial charge in [-0.05, 0) is 31.0 Å². The van der Waals surface area contributed by atoms with E-state index in [9.17, 15) is 4.79 Å². The molecule has 1 aromatic carbocycles. The summed E-state index contributed by atoms with van der Waals surface area (Å²) in [7, 11) is 1.44. The van der Waals surface area contributed by atoms with Gasteiger partial charge in [0.05, 0.1) is 7.11 Å². The first-order valence-electron chi connectivity index (χ1n) is 5.32. The average Bonchev–Trinajstić information content (AvgIpc) is 2.77. The molecule has 2 rings (SSSR count). The lowest BCUT2D eigenvalue weighted by Gasteiger charge is -2.24. The summed E-state index contributed by atoms with van der Waals surface area (Å²) in [5.74, 6) is -0.141. The fourth-order valence-corrected chi connectivity index (χ4v) is 2.50. The van der Waals surface area contributed by atoms with Gasteiger partial charge in [0, 0.05) is 16.7 Å². The molecule has 1 aromatic rings. The zero-order chi connectivity index (χ0) is 11.5. The number of esters is 1. The maximum atomic E-state index is 11.6. The minimum Gasteiger partial charge on any atom is -0.467 e. The lowest BCUT2D eigenvalue weighted by atomic mass is 10.2. The lowest BCUT2D eigenvalue weighted by molar-refractivity contribution is -0.141. The van der Waals surface area contributed by atoms with Gasteiger partial charge in [0.15, 0.2) is 0 Å². The molecule has 16 heavy (non-hydrogen) atoms. The van der Waals surface area contributed by atoms with Crippen molar-refractivity contribution in [2.45, 2.75) is 18.9 Å². The number of nitrogens with zero attached hydrogens (tertiary/aromatic N) is 1. The van der Waals surface area contributed by atoms with Crippen molar-refractivity contribution in [1.82, 2.24) is 0 Å². The van der Waals surface area contributed by atoms with Crippen molar-refractivity contribution in [1.29, 1.82) is 0 Å². The second kappa shape index (κ2) is 4.87. The third-order valence-electron chi connectivity index (χ3n) is 2.87. The number of carbonyl (C=O) groups excluding carboxylic acids is 1. The summed E-state index contributed by atoms with van der Waals surface area (Å²) in [6.45, 7) is 0.913. The predicted octanol–water partition coefficient (Wildman–Crippen LogP) is 2.59. The van der Waals surface area contributed by atoms with E-state index in [1.165, 1.54) is 7.11 Å². The summed E-state index contributed by atoms with van der Waals surface area (Å²) in [5, 5.41) is 0. The third kappa shape index (κ3) is 2.21. The van der Waals surface area contributed by atoms with Crippen LogP contribution < -0.4 is 4.90 Å². The van der Waals surface area contributed by atoms with Gasteiger partial charge < -0.3 is 9.64 Å². The number of ether oxygens (including phenoxy) is 1. The second-order valence-electron chi connectivity index (χ2n) is 3.85. The van der Waals surface area contributed by atoms with Crippen LogP contribution in [0.15, 0.2) is 28.7 Å². The average molecular weight is 284 g/mol. The van der Waals surface area contributed by atoms with Crippen LogP contribution in [0.1, 0.15) is 12.8 Å². The summed E-state index contributed by atoms with van der Waals surface area (Å²) < 4.78 is 5.85. The van der Waals surface area contributed by atoms with Gasteiger partial charge in [-0.25, -0.2) is 4.79 Å². The van der Waals surface area contributed by atoms with Crippen LogP contribution in [0.5, 0.6) is 0 Å². The van der Waals surface area contributed by atoms with Crippen molar-refractivity contribution in [3.63, 3.8) is 0 Å². The molecule has 3 nitrogen and oxygen atoms in total. The molecule has 0 bridgehead atoms. The van der Waals surface area contributed by atoms with Gasteiger partial charge in [-0.3, -0.25) is 0 Å². The largest absolute Gasteiger partial charge is 0.467 e. The van der Waals surface area contributed by atoms with Gasteiger partial charge in [0.25, 0.3) is 0 Å². The second-order valence-corrected chi connectivity index (χ2v) is 4.77. The summed E-state index contributed by atoms with van der Waals surface area (Å²) >= 11 is 3.44. The number of carbonyl (C=O) groups is 1. The number of hydrogen-bond acceptors (Lipinski definition) is 3. The molecule has 1 saturated heterocycles. The van der Waals surface area contributed by atoms with Gasteiger partial charge >= 0.3 is 5.97 Å². The monoisotopic (exact) mass is 283 g/mol. The third-order valence-corrected chi connectivity index (χ3v) is 3.36. The van der Waals surface area contributed by atoms with Crippen LogP contribution >= 0.6 is 15.9 Å². The Balaban J connectivity index is 2.23. The molecule has 4 heteroatoms. The molecule has 1 fully saturated rings. The summed E-state index contributed by atoms with van der Waals surface area (Å²) in [5.41, 5.74) is 1.07. The highest BCUT2D eigenvalue weighted by molar-refractivity contribution is 9.10. The van der Waals surface area contributed by atoms with E-state index >= 15 is 0 Å². The smallest absolute Gasteiger partial charge is 0.328 e. The number of halogens is 1. The Labute approximate surface area is 104 Å². The Kier molecular flexibility index (Phi) is 3.49. The van der Waals surface area contributed by atoms with Gasteiger partial charge in [-0.15, -0.1) is 0 Å². The van der Waals surface area contributed by atoms with Crippen molar-refractivity contribution < 1.29 is 9.53 Å². The molecule has 1 aliphatic rings. The van der Waals surface area contributed by atoms with E-state index in [-0.39, 0.29) is 12.0 Å².